The molecular formula is C16H24F3NO. The molecule has 0 aliphatic rings. The molecule has 0 spiro atoms. The van der Waals surface area contributed by atoms with Crippen LogP contribution in [0.15, 0.2) is 18.2 Å². The van der Waals surface area contributed by atoms with Gasteiger partial charge in [0.1, 0.15) is 5.75 Å². The number of hydrogen-bond acceptors (Lipinski definition) is 2. The average molecular weight is 303 g/mol. The Kier molecular flexibility index (Phi) is 7.02. The summed E-state index contributed by atoms with van der Waals surface area (Å²) in [6.45, 7) is 4.99. The fourth-order valence-corrected chi connectivity index (χ4v) is 2.33. The predicted octanol–water partition coefficient (Wildman–Crippen LogP) is 4.73. The highest BCUT2D eigenvalue weighted by Gasteiger charge is 2.32. The SMILES string of the molecule is CCCOc1ccc(C(F)(F)F)cc1C(CC)CCCN. The number of benzene rings is 1. The van der Waals surface area contributed by atoms with Crippen LogP contribution < -0.4 is 10.5 Å². The lowest BCUT2D eigenvalue weighted by Gasteiger charge is -2.21. The zero-order chi connectivity index (χ0) is 15.9. The van der Waals surface area contributed by atoms with Crippen LogP contribution in [0.5, 0.6) is 5.75 Å². The van der Waals surface area contributed by atoms with E-state index in [0.717, 1.165) is 31.7 Å². The van der Waals surface area contributed by atoms with Gasteiger partial charge in [-0.25, -0.2) is 0 Å². The lowest BCUT2D eigenvalue weighted by Crippen LogP contribution is -2.10. The van der Waals surface area contributed by atoms with Gasteiger partial charge in [-0.15, -0.1) is 0 Å². The van der Waals surface area contributed by atoms with Crippen molar-refractivity contribution >= 4 is 0 Å². The fourth-order valence-electron chi connectivity index (χ4n) is 2.33. The molecule has 1 atom stereocenters. The van der Waals surface area contributed by atoms with Crippen LogP contribution in [-0.2, 0) is 6.18 Å². The van der Waals surface area contributed by atoms with Crippen LogP contribution in [0.1, 0.15) is 56.6 Å². The quantitative estimate of drug-likeness (QED) is 0.753. The van der Waals surface area contributed by atoms with E-state index in [9.17, 15) is 13.2 Å². The molecule has 0 bridgehead atoms. The normalized spacial score (nSPS) is 13.2. The van der Waals surface area contributed by atoms with E-state index in [1.54, 1.807) is 0 Å². The predicted molar refractivity (Wildman–Crippen MR) is 78.6 cm³/mol. The molecule has 1 aromatic rings. The Morgan fingerprint density at radius 3 is 2.48 bits per heavy atom. The van der Waals surface area contributed by atoms with E-state index in [-0.39, 0.29) is 5.92 Å². The molecule has 0 aromatic heterocycles. The Balaban J connectivity index is 3.13. The van der Waals surface area contributed by atoms with Gasteiger partial charge in [0.05, 0.1) is 12.2 Å². The van der Waals surface area contributed by atoms with Crippen molar-refractivity contribution in [2.75, 3.05) is 13.2 Å². The highest BCUT2D eigenvalue weighted by atomic mass is 19.4. The van der Waals surface area contributed by atoms with Crippen molar-refractivity contribution in [1.29, 1.82) is 0 Å². The minimum Gasteiger partial charge on any atom is -0.493 e. The van der Waals surface area contributed by atoms with Crippen molar-refractivity contribution in [1.82, 2.24) is 0 Å². The summed E-state index contributed by atoms with van der Waals surface area (Å²) in [6, 6.07) is 3.76. The van der Waals surface area contributed by atoms with E-state index < -0.39 is 11.7 Å². The molecule has 0 heterocycles. The van der Waals surface area contributed by atoms with Crippen molar-refractivity contribution in [2.45, 2.75) is 51.6 Å². The molecule has 1 unspecified atom stereocenters. The average Bonchev–Trinajstić information content (AvgIpc) is 2.45. The van der Waals surface area contributed by atoms with E-state index in [1.807, 2.05) is 13.8 Å². The number of nitrogens with two attached hydrogens (primary N) is 1. The standard InChI is InChI=1S/C16H24F3NO/c1-3-10-21-15-8-7-13(16(17,18)19)11-14(15)12(4-2)6-5-9-20/h7-8,11-12H,3-6,9-10,20H2,1-2H3. The van der Waals surface area contributed by atoms with Gasteiger partial charge in [-0.2, -0.15) is 13.2 Å². The minimum atomic E-state index is -4.33. The molecule has 0 saturated carbocycles. The van der Waals surface area contributed by atoms with Crippen LogP contribution in [-0.4, -0.2) is 13.2 Å². The maximum atomic E-state index is 12.9. The first-order valence-corrected chi connectivity index (χ1v) is 7.48. The monoisotopic (exact) mass is 303 g/mol. The van der Waals surface area contributed by atoms with Gasteiger partial charge >= 0.3 is 6.18 Å². The van der Waals surface area contributed by atoms with Crippen LogP contribution in [0, 0.1) is 0 Å². The van der Waals surface area contributed by atoms with Crippen molar-refractivity contribution in [3.05, 3.63) is 29.3 Å². The largest absolute Gasteiger partial charge is 0.493 e. The Hall–Kier alpha value is -1.23. The first kappa shape index (κ1) is 17.8. The molecule has 0 aliphatic carbocycles. The Morgan fingerprint density at radius 2 is 1.95 bits per heavy atom. The Bertz CT molecular complexity index is 432. The summed E-state index contributed by atoms with van der Waals surface area (Å²) < 4.78 is 44.3. The highest BCUT2D eigenvalue weighted by Crippen LogP contribution is 2.38. The number of ether oxygens (including phenoxy) is 1. The number of rotatable bonds is 8. The second kappa shape index (κ2) is 8.27. The van der Waals surface area contributed by atoms with Crippen LogP contribution in [0.4, 0.5) is 13.2 Å². The minimum absolute atomic E-state index is 0.0442. The Morgan fingerprint density at radius 1 is 1.24 bits per heavy atom. The molecule has 1 rings (SSSR count). The van der Waals surface area contributed by atoms with Gasteiger partial charge < -0.3 is 10.5 Å². The molecule has 0 aliphatic heterocycles. The molecule has 21 heavy (non-hydrogen) atoms. The van der Waals surface area contributed by atoms with Crippen LogP contribution in [0.25, 0.3) is 0 Å². The summed E-state index contributed by atoms with van der Waals surface area (Å²) in [6.07, 6.45) is -1.17. The van der Waals surface area contributed by atoms with Crippen molar-refractivity contribution < 1.29 is 17.9 Å². The number of hydrogen-bond donors (Lipinski definition) is 1. The molecule has 0 fully saturated rings. The maximum Gasteiger partial charge on any atom is 0.416 e. The third-order valence-electron chi connectivity index (χ3n) is 3.49. The van der Waals surface area contributed by atoms with Gasteiger partial charge in [0, 0.05) is 0 Å². The van der Waals surface area contributed by atoms with Gasteiger partial charge in [0.25, 0.3) is 0 Å². The molecule has 2 nitrogen and oxygen atoms in total. The smallest absolute Gasteiger partial charge is 0.416 e. The fraction of sp³-hybridized carbons (Fsp3) is 0.625. The zero-order valence-electron chi connectivity index (χ0n) is 12.7. The van der Waals surface area contributed by atoms with Gasteiger partial charge in [-0.1, -0.05) is 13.8 Å². The molecule has 2 N–H and O–H groups in total. The third kappa shape index (κ3) is 5.23. The molecule has 120 valence electrons. The summed E-state index contributed by atoms with van der Waals surface area (Å²) in [4.78, 5) is 0. The molecule has 0 radical (unpaired) electrons. The molecule has 1 aromatic carbocycles. The second-order valence-corrected chi connectivity index (χ2v) is 5.13. The molecule has 0 saturated heterocycles. The maximum absolute atomic E-state index is 12.9. The zero-order valence-corrected chi connectivity index (χ0v) is 12.7. The number of halogens is 3. The van der Waals surface area contributed by atoms with E-state index in [2.05, 4.69) is 0 Å². The van der Waals surface area contributed by atoms with Crippen molar-refractivity contribution in [2.24, 2.45) is 5.73 Å². The summed E-state index contributed by atoms with van der Waals surface area (Å²) in [5, 5.41) is 0. The van der Waals surface area contributed by atoms with Gasteiger partial charge in [-0.3, -0.25) is 0 Å². The molecular weight excluding hydrogens is 279 g/mol. The van der Waals surface area contributed by atoms with Crippen molar-refractivity contribution in [3.63, 3.8) is 0 Å². The summed E-state index contributed by atoms with van der Waals surface area (Å²) in [5.41, 5.74) is 5.55. The summed E-state index contributed by atoms with van der Waals surface area (Å²) in [5.74, 6) is 0.608. The van der Waals surface area contributed by atoms with E-state index in [4.69, 9.17) is 10.5 Å². The van der Waals surface area contributed by atoms with Crippen LogP contribution in [0.3, 0.4) is 0 Å². The number of alkyl halides is 3. The van der Waals surface area contributed by atoms with E-state index in [0.29, 0.717) is 24.5 Å². The molecule has 0 amide bonds. The summed E-state index contributed by atoms with van der Waals surface area (Å²) >= 11 is 0. The third-order valence-corrected chi connectivity index (χ3v) is 3.49. The van der Waals surface area contributed by atoms with Crippen LogP contribution >= 0.6 is 0 Å². The summed E-state index contributed by atoms with van der Waals surface area (Å²) in [7, 11) is 0. The first-order chi connectivity index (χ1) is 9.93. The van der Waals surface area contributed by atoms with Gasteiger partial charge in [0.2, 0.25) is 0 Å². The molecule has 5 heteroatoms. The van der Waals surface area contributed by atoms with Crippen molar-refractivity contribution in [3.8, 4) is 5.75 Å². The lowest BCUT2D eigenvalue weighted by molar-refractivity contribution is -0.137. The van der Waals surface area contributed by atoms with Gasteiger partial charge in [0.15, 0.2) is 0 Å². The lowest BCUT2D eigenvalue weighted by atomic mass is 9.90. The first-order valence-electron chi connectivity index (χ1n) is 7.48. The van der Waals surface area contributed by atoms with E-state index in [1.165, 1.54) is 12.1 Å². The van der Waals surface area contributed by atoms with E-state index >= 15 is 0 Å². The Labute approximate surface area is 124 Å². The van der Waals surface area contributed by atoms with Gasteiger partial charge in [-0.05, 0) is 61.9 Å². The van der Waals surface area contributed by atoms with Crippen LogP contribution in [0.2, 0.25) is 0 Å². The highest BCUT2D eigenvalue weighted by molar-refractivity contribution is 5.40. The topological polar surface area (TPSA) is 35.2 Å². The second-order valence-electron chi connectivity index (χ2n) is 5.13.